The Balaban J connectivity index is 3.75. The predicted molar refractivity (Wildman–Crippen MR) is 46.4 cm³/mol. The highest BCUT2D eigenvalue weighted by molar-refractivity contribution is 5.96. The van der Waals surface area contributed by atoms with E-state index in [-0.39, 0.29) is 13.0 Å². The van der Waals surface area contributed by atoms with E-state index in [1.807, 2.05) is 0 Å². The summed E-state index contributed by atoms with van der Waals surface area (Å²) in [5.74, 6) is -3.36. The summed E-state index contributed by atoms with van der Waals surface area (Å²) < 4.78 is 4.33. The molecule has 0 bridgehead atoms. The molecular weight excluding hydrogens is 190 g/mol. The van der Waals surface area contributed by atoms with Crippen LogP contribution in [0.25, 0.3) is 0 Å². The molecule has 0 heterocycles. The van der Waals surface area contributed by atoms with Gasteiger partial charge in [-0.2, -0.15) is 0 Å². The summed E-state index contributed by atoms with van der Waals surface area (Å²) in [6.07, 6.45) is 0.0363. The zero-order valence-corrected chi connectivity index (χ0v) is 8.07. The number of carboxylic acids is 1. The van der Waals surface area contributed by atoms with Crippen molar-refractivity contribution in [2.24, 2.45) is 5.92 Å². The zero-order chi connectivity index (χ0) is 11.1. The molecule has 6 heteroatoms. The molecule has 1 atom stereocenters. The molecule has 0 aliphatic rings. The fourth-order valence-corrected chi connectivity index (χ4v) is 0.655. The van der Waals surface area contributed by atoms with Gasteiger partial charge in [0.1, 0.15) is 5.92 Å². The Labute approximate surface area is 81.2 Å². The Morgan fingerprint density at radius 3 is 2.43 bits per heavy atom. The Bertz CT molecular complexity index is 238. The van der Waals surface area contributed by atoms with Crippen molar-refractivity contribution < 1.29 is 24.2 Å². The van der Waals surface area contributed by atoms with E-state index in [0.717, 1.165) is 0 Å². The quantitative estimate of drug-likeness (QED) is 0.459. The van der Waals surface area contributed by atoms with Gasteiger partial charge in [-0.3, -0.25) is 14.4 Å². The SMILES string of the molecule is COC(=O)CCNC(=O)C(C)C(=O)O. The van der Waals surface area contributed by atoms with Crippen LogP contribution in [-0.4, -0.2) is 36.6 Å². The fourth-order valence-electron chi connectivity index (χ4n) is 0.655. The number of carbonyl (C=O) groups excluding carboxylic acids is 2. The van der Waals surface area contributed by atoms with E-state index in [1.165, 1.54) is 14.0 Å². The molecule has 0 aliphatic carbocycles. The highest BCUT2D eigenvalue weighted by Crippen LogP contribution is 1.94. The zero-order valence-electron chi connectivity index (χ0n) is 8.07. The third-order valence-corrected chi connectivity index (χ3v) is 1.62. The number of aliphatic carboxylic acids is 1. The second kappa shape index (κ2) is 5.95. The first-order valence-corrected chi connectivity index (χ1v) is 4.06. The summed E-state index contributed by atoms with van der Waals surface area (Å²) in [6, 6.07) is 0. The number of amides is 1. The molecule has 6 nitrogen and oxygen atoms in total. The number of carboxylic acid groups (broad SMARTS) is 1. The summed E-state index contributed by atoms with van der Waals surface area (Å²) in [6.45, 7) is 1.36. The van der Waals surface area contributed by atoms with Crippen LogP contribution in [0.2, 0.25) is 0 Å². The maximum Gasteiger partial charge on any atom is 0.315 e. The lowest BCUT2D eigenvalue weighted by atomic mass is 10.2. The molecule has 0 radical (unpaired) electrons. The monoisotopic (exact) mass is 203 g/mol. The lowest BCUT2D eigenvalue weighted by Crippen LogP contribution is -2.34. The van der Waals surface area contributed by atoms with Crippen molar-refractivity contribution in [1.82, 2.24) is 5.32 Å². The van der Waals surface area contributed by atoms with Crippen molar-refractivity contribution in [3.8, 4) is 0 Å². The number of hydrogen-bond donors (Lipinski definition) is 2. The van der Waals surface area contributed by atoms with E-state index in [2.05, 4.69) is 10.1 Å². The van der Waals surface area contributed by atoms with Crippen LogP contribution in [0.4, 0.5) is 0 Å². The van der Waals surface area contributed by atoms with Gasteiger partial charge in [-0.15, -0.1) is 0 Å². The molecular formula is C8H13NO5. The van der Waals surface area contributed by atoms with E-state index in [0.29, 0.717) is 0 Å². The van der Waals surface area contributed by atoms with Crippen LogP contribution in [0, 0.1) is 5.92 Å². The van der Waals surface area contributed by atoms with Gasteiger partial charge in [0.15, 0.2) is 0 Å². The van der Waals surface area contributed by atoms with Crippen LogP contribution in [0.5, 0.6) is 0 Å². The van der Waals surface area contributed by atoms with Gasteiger partial charge < -0.3 is 15.2 Å². The molecule has 14 heavy (non-hydrogen) atoms. The number of esters is 1. The molecule has 0 rings (SSSR count). The Morgan fingerprint density at radius 1 is 1.43 bits per heavy atom. The van der Waals surface area contributed by atoms with Gasteiger partial charge in [-0.25, -0.2) is 0 Å². The van der Waals surface area contributed by atoms with E-state index >= 15 is 0 Å². The van der Waals surface area contributed by atoms with Gasteiger partial charge in [-0.1, -0.05) is 0 Å². The lowest BCUT2D eigenvalue weighted by Gasteiger charge is -2.06. The van der Waals surface area contributed by atoms with Crippen molar-refractivity contribution in [3.05, 3.63) is 0 Å². The van der Waals surface area contributed by atoms with E-state index in [9.17, 15) is 14.4 Å². The van der Waals surface area contributed by atoms with E-state index in [4.69, 9.17) is 5.11 Å². The van der Waals surface area contributed by atoms with Crippen LogP contribution >= 0.6 is 0 Å². The molecule has 1 unspecified atom stereocenters. The summed E-state index contributed by atoms with van der Waals surface area (Å²) in [4.78, 5) is 32.0. The van der Waals surface area contributed by atoms with Gasteiger partial charge in [0.25, 0.3) is 0 Å². The predicted octanol–water partition coefficient (Wildman–Crippen LogP) is -0.614. The van der Waals surface area contributed by atoms with Gasteiger partial charge in [0, 0.05) is 6.54 Å². The Morgan fingerprint density at radius 2 is 2.00 bits per heavy atom. The van der Waals surface area contributed by atoms with E-state index in [1.54, 1.807) is 0 Å². The number of nitrogens with one attached hydrogen (secondary N) is 1. The normalized spacial score (nSPS) is 11.6. The van der Waals surface area contributed by atoms with Crippen molar-refractivity contribution in [3.63, 3.8) is 0 Å². The number of hydrogen-bond acceptors (Lipinski definition) is 4. The molecule has 0 fully saturated rings. The second-order valence-electron chi connectivity index (χ2n) is 2.68. The van der Waals surface area contributed by atoms with Gasteiger partial charge in [0.05, 0.1) is 13.5 Å². The maximum absolute atomic E-state index is 11.0. The van der Waals surface area contributed by atoms with Gasteiger partial charge in [0.2, 0.25) is 5.91 Å². The molecule has 0 aliphatic heterocycles. The minimum atomic E-state index is -1.19. The lowest BCUT2D eigenvalue weighted by molar-refractivity contribution is -0.146. The molecule has 80 valence electrons. The maximum atomic E-state index is 11.0. The number of ether oxygens (including phenoxy) is 1. The van der Waals surface area contributed by atoms with Crippen LogP contribution in [-0.2, 0) is 19.1 Å². The summed E-state index contributed by atoms with van der Waals surface area (Å²) in [7, 11) is 1.24. The first-order valence-electron chi connectivity index (χ1n) is 4.06. The van der Waals surface area contributed by atoms with Crippen LogP contribution in [0.1, 0.15) is 13.3 Å². The number of rotatable bonds is 5. The highest BCUT2D eigenvalue weighted by atomic mass is 16.5. The molecule has 1 amide bonds. The van der Waals surface area contributed by atoms with Crippen LogP contribution < -0.4 is 5.32 Å². The molecule has 0 spiro atoms. The van der Waals surface area contributed by atoms with Crippen molar-refractivity contribution in [1.29, 1.82) is 0 Å². The fraction of sp³-hybridized carbons (Fsp3) is 0.625. The third-order valence-electron chi connectivity index (χ3n) is 1.62. The van der Waals surface area contributed by atoms with Crippen molar-refractivity contribution in [2.45, 2.75) is 13.3 Å². The first kappa shape index (κ1) is 12.4. The molecule has 0 aromatic heterocycles. The number of methoxy groups -OCH3 is 1. The van der Waals surface area contributed by atoms with Crippen molar-refractivity contribution in [2.75, 3.05) is 13.7 Å². The largest absolute Gasteiger partial charge is 0.481 e. The minimum absolute atomic E-state index is 0.0363. The first-order chi connectivity index (χ1) is 6.49. The summed E-state index contributed by atoms with van der Waals surface area (Å²) >= 11 is 0. The van der Waals surface area contributed by atoms with Crippen LogP contribution in [0.3, 0.4) is 0 Å². The van der Waals surface area contributed by atoms with Gasteiger partial charge in [-0.05, 0) is 6.92 Å². The van der Waals surface area contributed by atoms with Gasteiger partial charge >= 0.3 is 11.9 Å². The third kappa shape index (κ3) is 4.44. The smallest absolute Gasteiger partial charge is 0.315 e. The highest BCUT2D eigenvalue weighted by Gasteiger charge is 2.19. The van der Waals surface area contributed by atoms with Crippen LogP contribution in [0.15, 0.2) is 0 Å². The molecule has 2 N–H and O–H groups in total. The number of carbonyl (C=O) groups is 3. The minimum Gasteiger partial charge on any atom is -0.481 e. The standard InChI is InChI=1S/C8H13NO5/c1-5(8(12)13)7(11)9-4-3-6(10)14-2/h5H,3-4H2,1-2H3,(H,9,11)(H,12,13). The molecule has 0 saturated carbocycles. The molecule has 0 aromatic rings. The average molecular weight is 203 g/mol. The molecule has 0 aromatic carbocycles. The molecule has 0 saturated heterocycles. The Kier molecular flexibility index (Phi) is 5.28. The second-order valence-corrected chi connectivity index (χ2v) is 2.68. The summed E-state index contributed by atoms with van der Waals surface area (Å²) in [5, 5.41) is 10.8. The summed E-state index contributed by atoms with van der Waals surface area (Å²) in [5.41, 5.74) is 0. The Hall–Kier alpha value is -1.59. The topological polar surface area (TPSA) is 92.7 Å². The average Bonchev–Trinajstić information content (AvgIpc) is 2.15. The van der Waals surface area contributed by atoms with E-state index < -0.39 is 23.8 Å². The van der Waals surface area contributed by atoms with Crippen molar-refractivity contribution >= 4 is 17.8 Å².